The molecule has 0 atom stereocenters. The number of carbonyl (C=O) groups is 1. The van der Waals surface area contributed by atoms with E-state index in [4.69, 9.17) is 9.47 Å². The van der Waals surface area contributed by atoms with E-state index >= 15 is 0 Å². The quantitative estimate of drug-likeness (QED) is 0.702. The zero-order chi connectivity index (χ0) is 20.0. The largest absolute Gasteiger partial charge is 0.493 e. The number of rotatable bonds is 8. The van der Waals surface area contributed by atoms with Crippen molar-refractivity contribution >= 4 is 15.9 Å². The van der Waals surface area contributed by atoms with Gasteiger partial charge in [-0.1, -0.05) is 12.1 Å². The predicted octanol–water partition coefficient (Wildman–Crippen LogP) is 1.58. The maximum atomic E-state index is 13.6. The van der Waals surface area contributed by atoms with Crippen molar-refractivity contribution < 1.29 is 31.5 Å². The topological polar surface area (TPSA) is 93.7 Å². The lowest BCUT2D eigenvalue weighted by molar-refractivity contribution is -0.120. The Balaban J connectivity index is 1.97. The van der Waals surface area contributed by atoms with E-state index in [0.717, 1.165) is 18.2 Å². The van der Waals surface area contributed by atoms with Crippen LogP contribution in [0.15, 0.2) is 41.3 Å². The van der Waals surface area contributed by atoms with Crippen molar-refractivity contribution in [1.82, 2.24) is 10.0 Å². The molecule has 0 aromatic heterocycles. The van der Waals surface area contributed by atoms with Gasteiger partial charge in [0.2, 0.25) is 15.9 Å². The molecule has 0 aliphatic rings. The summed E-state index contributed by atoms with van der Waals surface area (Å²) >= 11 is 0. The molecule has 0 saturated heterocycles. The summed E-state index contributed by atoms with van der Waals surface area (Å²) in [4.78, 5) is 10.7. The summed E-state index contributed by atoms with van der Waals surface area (Å²) in [5.41, 5.74) is 0.684. The van der Waals surface area contributed by atoms with Crippen LogP contribution in [0, 0.1) is 11.6 Å². The molecule has 0 radical (unpaired) electrons. The molecular weight excluding hydrogens is 382 g/mol. The van der Waals surface area contributed by atoms with E-state index in [1.807, 2.05) is 4.72 Å². The molecule has 146 valence electrons. The first-order valence-corrected chi connectivity index (χ1v) is 9.18. The summed E-state index contributed by atoms with van der Waals surface area (Å²) in [5, 5.41) is 2.49. The number of nitrogens with one attached hydrogen (secondary N) is 2. The van der Waals surface area contributed by atoms with Crippen molar-refractivity contribution in [1.29, 1.82) is 0 Å². The Kier molecular flexibility index (Phi) is 6.70. The van der Waals surface area contributed by atoms with Crippen molar-refractivity contribution in [2.24, 2.45) is 0 Å². The highest BCUT2D eigenvalue weighted by atomic mass is 32.2. The molecule has 0 unspecified atom stereocenters. The summed E-state index contributed by atoms with van der Waals surface area (Å²) in [6, 6.07) is 7.67. The van der Waals surface area contributed by atoms with Crippen molar-refractivity contribution in [2.45, 2.75) is 11.4 Å². The predicted molar refractivity (Wildman–Crippen MR) is 92.9 cm³/mol. The van der Waals surface area contributed by atoms with Crippen LogP contribution in [0.2, 0.25) is 0 Å². The normalized spacial score (nSPS) is 11.1. The second kappa shape index (κ2) is 8.78. The fourth-order valence-electron chi connectivity index (χ4n) is 2.23. The van der Waals surface area contributed by atoms with Gasteiger partial charge in [0.05, 0.1) is 20.8 Å². The molecule has 1 amide bonds. The third-order valence-corrected chi connectivity index (χ3v) is 5.00. The lowest BCUT2D eigenvalue weighted by Gasteiger charge is -2.11. The van der Waals surface area contributed by atoms with Gasteiger partial charge in [-0.3, -0.25) is 4.79 Å². The Morgan fingerprint density at radius 1 is 1.04 bits per heavy atom. The van der Waals surface area contributed by atoms with Gasteiger partial charge in [-0.05, 0) is 29.8 Å². The molecule has 2 N–H and O–H groups in total. The van der Waals surface area contributed by atoms with Gasteiger partial charge in [-0.2, -0.15) is 0 Å². The fourth-order valence-corrected chi connectivity index (χ4v) is 3.34. The molecule has 0 spiro atoms. The first kappa shape index (κ1) is 20.6. The number of halogens is 2. The molecule has 2 aromatic carbocycles. The summed E-state index contributed by atoms with van der Waals surface area (Å²) in [6.45, 7) is -0.585. The fraction of sp³-hybridized carbons (Fsp3) is 0.235. The molecule has 0 aliphatic heterocycles. The zero-order valence-corrected chi connectivity index (χ0v) is 15.4. The Hall–Kier alpha value is -2.72. The number of carbonyl (C=O) groups excluding carboxylic acids is 1. The summed E-state index contributed by atoms with van der Waals surface area (Å²) in [7, 11) is -1.56. The summed E-state index contributed by atoms with van der Waals surface area (Å²) in [5.74, 6) is -2.17. The Morgan fingerprint density at radius 3 is 2.26 bits per heavy atom. The number of ether oxygens (including phenoxy) is 2. The zero-order valence-electron chi connectivity index (χ0n) is 14.6. The van der Waals surface area contributed by atoms with Crippen molar-refractivity contribution in [3.8, 4) is 11.5 Å². The molecule has 0 aliphatic carbocycles. The van der Waals surface area contributed by atoms with Gasteiger partial charge in [0.25, 0.3) is 0 Å². The lowest BCUT2D eigenvalue weighted by atomic mass is 10.2. The van der Waals surface area contributed by atoms with Gasteiger partial charge >= 0.3 is 0 Å². The molecule has 0 fully saturated rings. The van der Waals surface area contributed by atoms with E-state index in [1.165, 1.54) is 14.2 Å². The van der Waals surface area contributed by atoms with Gasteiger partial charge in [-0.15, -0.1) is 0 Å². The minimum Gasteiger partial charge on any atom is -0.493 e. The van der Waals surface area contributed by atoms with Crippen LogP contribution in [0.5, 0.6) is 11.5 Å². The second-order valence-corrected chi connectivity index (χ2v) is 7.05. The van der Waals surface area contributed by atoms with Crippen molar-refractivity contribution in [3.05, 3.63) is 53.6 Å². The highest BCUT2D eigenvalue weighted by molar-refractivity contribution is 7.89. The standard InChI is InChI=1S/C17H18F2N2O5S/c1-25-14-7-6-11(8-15(14)26-2)9-20-16(22)10-21-27(23,24)17-12(18)4-3-5-13(17)19/h3-8,21H,9-10H2,1-2H3,(H,20,22). The van der Waals surface area contributed by atoms with Gasteiger partial charge in [0.15, 0.2) is 16.4 Å². The number of amides is 1. The van der Waals surface area contributed by atoms with Crippen LogP contribution in [0.3, 0.4) is 0 Å². The molecule has 27 heavy (non-hydrogen) atoms. The number of hydrogen-bond donors (Lipinski definition) is 2. The van der Waals surface area contributed by atoms with E-state index < -0.39 is 39.0 Å². The molecule has 2 rings (SSSR count). The van der Waals surface area contributed by atoms with Crippen LogP contribution in [-0.2, 0) is 21.4 Å². The second-order valence-electron chi connectivity index (χ2n) is 5.34. The Bertz CT molecular complexity index is 915. The average Bonchev–Trinajstić information content (AvgIpc) is 2.64. The van der Waals surface area contributed by atoms with E-state index in [1.54, 1.807) is 18.2 Å². The van der Waals surface area contributed by atoms with Crippen molar-refractivity contribution in [3.63, 3.8) is 0 Å². The van der Waals surface area contributed by atoms with Crippen LogP contribution >= 0.6 is 0 Å². The molecule has 2 aromatic rings. The molecule has 0 saturated carbocycles. The maximum Gasteiger partial charge on any atom is 0.246 e. The Labute approximate surface area is 155 Å². The van der Waals surface area contributed by atoms with Crippen LogP contribution in [0.4, 0.5) is 8.78 Å². The monoisotopic (exact) mass is 400 g/mol. The number of sulfonamides is 1. The lowest BCUT2D eigenvalue weighted by Crippen LogP contribution is -2.37. The number of methoxy groups -OCH3 is 2. The summed E-state index contributed by atoms with van der Waals surface area (Å²) in [6.07, 6.45) is 0. The van der Waals surface area contributed by atoms with Gasteiger partial charge in [-0.25, -0.2) is 21.9 Å². The van der Waals surface area contributed by atoms with E-state index in [2.05, 4.69) is 5.32 Å². The highest BCUT2D eigenvalue weighted by Gasteiger charge is 2.24. The van der Waals surface area contributed by atoms with E-state index in [-0.39, 0.29) is 6.54 Å². The molecule has 0 heterocycles. The summed E-state index contributed by atoms with van der Waals surface area (Å²) < 4.78 is 63.3. The van der Waals surface area contributed by atoms with Crippen LogP contribution < -0.4 is 19.5 Å². The first-order valence-electron chi connectivity index (χ1n) is 7.69. The minimum atomic E-state index is -4.52. The number of hydrogen-bond acceptors (Lipinski definition) is 5. The van der Waals surface area contributed by atoms with Gasteiger partial charge in [0.1, 0.15) is 11.6 Å². The molecule has 7 nitrogen and oxygen atoms in total. The molecule has 10 heteroatoms. The maximum absolute atomic E-state index is 13.6. The minimum absolute atomic E-state index is 0.0922. The smallest absolute Gasteiger partial charge is 0.246 e. The average molecular weight is 400 g/mol. The SMILES string of the molecule is COc1ccc(CNC(=O)CNS(=O)(=O)c2c(F)cccc2F)cc1OC. The molecule has 0 bridgehead atoms. The first-order chi connectivity index (χ1) is 12.8. The highest BCUT2D eigenvalue weighted by Crippen LogP contribution is 2.27. The van der Waals surface area contributed by atoms with E-state index in [9.17, 15) is 22.0 Å². The Morgan fingerprint density at radius 2 is 1.67 bits per heavy atom. The van der Waals surface area contributed by atoms with Crippen LogP contribution in [0.1, 0.15) is 5.56 Å². The molecular formula is C17H18F2N2O5S. The number of benzene rings is 2. The van der Waals surface area contributed by atoms with Crippen molar-refractivity contribution in [2.75, 3.05) is 20.8 Å². The van der Waals surface area contributed by atoms with Crippen LogP contribution in [0.25, 0.3) is 0 Å². The van der Waals surface area contributed by atoms with Crippen LogP contribution in [-0.4, -0.2) is 35.1 Å². The third-order valence-electron chi connectivity index (χ3n) is 3.55. The van der Waals surface area contributed by atoms with Gasteiger partial charge < -0.3 is 14.8 Å². The van der Waals surface area contributed by atoms with E-state index in [0.29, 0.717) is 17.1 Å². The third kappa shape index (κ3) is 5.14. The van der Waals surface area contributed by atoms with Gasteiger partial charge in [0, 0.05) is 6.54 Å².